The van der Waals surface area contributed by atoms with Crippen LogP contribution >= 0.6 is 11.3 Å². The van der Waals surface area contributed by atoms with Crippen molar-refractivity contribution in [1.29, 1.82) is 0 Å². The number of hydrogen-bond donors (Lipinski definition) is 1. The van der Waals surface area contributed by atoms with Crippen molar-refractivity contribution in [2.75, 3.05) is 12.8 Å². The molecule has 0 aliphatic carbocycles. The van der Waals surface area contributed by atoms with Gasteiger partial charge in [0.1, 0.15) is 11.4 Å². The van der Waals surface area contributed by atoms with Crippen molar-refractivity contribution in [2.24, 2.45) is 10.7 Å². The lowest BCUT2D eigenvalue weighted by Gasteiger charge is -2.33. The van der Waals surface area contributed by atoms with E-state index in [0.29, 0.717) is 10.6 Å². The number of benzene rings is 1. The summed E-state index contributed by atoms with van der Waals surface area (Å²) in [7, 11) is -2.34. The van der Waals surface area contributed by atoms with E-state index >= 15 is 0 Å². The Morgan fingerprint density at radius 2 is 2.07 bits per heavy atom. The fourth-order valence-electron chi connectivity index (χ4n) is 3.13. The van der Waals surface area contributed by atoms with Crippen LogP contribution in [0.2, 0.25) is 0 Å². The highest BCUT2D eigenvalue weighted by molar-refractivity contribution is 7.89. The van der Waals surface area contributed by atoms with Crippen LogP contribution in [0.4, 0.5) is 4.39 Å². The molecule has 1 unspecified atom stereocenters. The van der Waals surface area contributed by atoms with Gasteiger partial charge in [-0.25, -0.2) is 27.1 Å². The highest BCUT2D eigenvalue weighted by atomic mass is 32.2. The first-order valence-corrected chi connectivity index (χ1v) is 10.7. The second-order valence-electron chi connectivity index (χ2n) is 6.70. The Balaban J connectivity index is 1.77. The highest BCUT2D eigenvalue weighted by Gasteiger charge is 2.42. The standard InChI is InChI=1S/C18H17FN4O3S2/c1-18(9-28(24,25)23(2)17(20)22-18)16-13(19)7-15(27-16)12-5-3-4-11(6-12)14-8-21-10-26-14/h3-8,10H,9H2,1-2H3,(H2,20,22). The minimum Gasteiger partial charge on any atom is -0.444 e. The molecule has 3 aromatic rings. The monoisotopic (exact) mass is 420 g/mol. The number of rotatable bonds is 3. The van der Waals surface area contributed by atoms with E-state index in [2.05, 4.69) is 9.98 Å². The fourth-order valence-corrected chi connectivity index (χ4v) is 5.78. The lowest BCUT2D eigenvalue weighted by atomic mass is 10.0. The van der Waals surface area contributed by atoms with E-state index in [-0.39, 0.29) is 16.6 Å². The third-order valence-corrected chi connectivity index (χ3v) is 7.97. The van der Waals surface area contributed by atoms with Gasteiger partial charge in [-0.05, 0) is 24.6 Å². The molecular formula is C18H17FN4O3S2. The Kier molecular flexibility index (Phi) is 4.27. The third kappa shape index (κ3) is 3.08. The van der Waals surface area contributed by atoms with Gasteiger partial charge >= 0.3 is 0 Å². The molecule has 1 aromatic carbocycles. The maximum absolute atomic E-state index is 14.8. The Hall–Kier alpha value is -2.72. The summed E-state index contributed by atoms with van der Waals surface area (Å²) in [6.45, 7) is 1.58. The summed E-state index contributed by atoms with van der Waals surface area (Å²) in [5, 5.41) is 0. The molecule has 0 saturated carbocycles. The number of halogens is 1. The quantitative estimate of drug-likeness (QED) is 0.702. The first kappa shape index (κ1) is 18.6. The zero-order chi connectivity index (χ0) is 20.1. The minimum absolute atomic E-state index is 0.157. The number of aliphatic imine (C=N–C) groups is 1. The van der Waals surface area contributed by atoms with Gasteiger partial charge in [0, 0.05) is 17.5 Å². The summed E-state index contributed by atoms with van der Waals surface area (Å²) >= 11 is 1.16. The number of nitrogens with two attached hydrogens (primary N) is 1. The van der Waals surface area contributed by atoms with Crippen LogP contribution in [0.25, 0.3) is 21.8 Å². The van der Waals surface area contributed by atoms with Gasteiger partial charge in [0.25, 0.3) is 0 Å². The maximum atomic E-state index is 14.8. The number of sulfonamides is 1. The van der Waals surface area contributed by atoms with Gasteiger partial charge in [0.2, 0.25) is 16.0 Å². The maximum Gasteiger partial charge on any atom is 0.239 e. The number of thiophene rings is 1. The molecule has 1 atom stereocenters. The minimum atomic E-state index is -3.68. The van der Waals surface area contributed by atoms with Crippen LogP contribution in [0.1, 0.15) is 11.8 Å². The summed E-state index contributed by atoms with van der Waals surface area (Å²) in [5.41, 5.74) is 6.07. The average molecular weight is 420 g/mol. The first-order valence-electron chi connectivity index (χ1n) is 8.31. The van der Waals surface area contributed by atoms with Gasteiger partial charge < -0.3 is 10.2 Å². The zero-order valence-electron chi connectivity index (χ0n) is 15.1. The van der Waals surface area contributed by atoms with Gasteiger partial charge in [0.05, 0.1) is 16.8 Å². The fraction of sp³-hybridized carbons (Fsp3) is 0.222. The van der Waals surface area contributed by atoms with Crippen LogP contribution in [0, 0.1) is 5.82 Å². The number of oxazole rings is 1. The number of aromatic nitrogens is 1. The smallest absolute Gasteiger partial charge is 0.239 e. The number of nitrogens with zero attached hydrogens (tertiary/aromatic N) is 3. The van der Waals surface area contributed by atoms with E-state index in [4.69, 9.17) is 10.2 Å². The van der Waals surface area contributed by atoms with Gasteiger partial charge in [0.15, 0.2) is 12.2 Å². The van der Waals surface area contributed by atoms with Crippen LogP contribution in [0.3, 0.4) is 0 Å². The van der Waals surface area contributed by atoms with Gasteiger partial charge in [-0.2, -0.15) is 0 Å². The Morgan fingerprint density at radius 3 is 2.75 bits per heavy atom. The van der Waals surface area contributed by atoms with E-state index in [1.54, 1.807) is 13.1 Å². The molecule has 4 rings (SSSR count). The van der Waals surface area contributed by atoms with Gasteiger partial charge in [-0.3, -0.25) is 0 Å². The molecule has 0 radical (unpaired) electrons. The summed E-state index contributed by atoms with van der Waals surface area (Å²) in [5.74, 6) is -0.421. The molecule has 10 heteroatoms. The summed E-state index contributed by atoms with van der Waals surface area (Å²) in [6, 6.07) is 8.80. The van der Waals surface area contributed by atoms with Crippen LogP contribution < -0.4 is 5.73 Å². The Morgan fingerprint density at radius 1 is 1.32 bits per heavy atom. The Labute approximate surface area is 165 Å². The van der Waals surface area contributed by atoms with E-state index in [0.717, 1.165) is 26.8 Å². The topological polar surface area (TPSA) is 102 Å². The van der Waals surface area contributed by atoms with Crippen molar-refractivity contribution in [3.8, 4) is 21.8 Å². The molecular weight excluding hydrogens is 403 g/mol. The summed E-state index contributed by atoms with van der Waals surface area (Å²) < 4.78 is 45.8. The molecule has 2 aromatic heterocycles. The zero-order valence-corrected chi connectivity index (χ0v) is 16.7. The SMILES string of the molecule is CN1C(N)=NC(C)(c2sc(-c3cccc(-c4cnco4)c3)cc2F)CS1(=O)=O. The molecule has 3 heterocycles. The molecule has 0 amide bonds. The third-order valence-electron chi connectivity index (χ3n) is 4.60. The van der Waals surface area contributed by atoms with Crippen LogP contribution in [-0.4, -0.2) is 36.5 Å². The molecule has 2 N–H and O–H groups in total. The summed E-state index contributed by atoms with van der Waals surface area (Å²) in [4.78, 5) is 9.06. The van der Waals surface area contributed by atoms with Crippen molar-refractivity contribution in [3.05, 3.63) is 53.6 Å². The van der Waals surface area contributed by atoms with Crippen molar-refractivity contribution in [1.82, 2.24) is 9.29 Å². The molecule has 0 fully saturated rings. The van der Waals surface area contributed by atoms with Crippen molar-refractivity contribution >= 4 is 27.3 Å². The first-order chi connectivity index (χ1) is 13.2. The van der Waals surface area contributed by atoms with E-state index in [9.17, 15) is 12.8 Å². The number of guanidine groups is 1. The lowest BCUT2D eigenvalue weighted by molar-refractivity contribution is 0.466. The molecule has 1 aliphatic heterocycles. The number of hydrogen-bond acceptors (Lipinski definition) is 7. The average Bonchev–Trinajstić information content (AvgIpc) is 3.29. The Bertz CT molecular complexity index is 1170. The van der Waals surface area contributed by atoms with Crippen molar-refractivity contribution in [2.45, 2.75) is 12.5 Å². The molecule has 28 heavy (non-hydrogen) atoms. The molecule has 0 spiro atoms. The normalized spacial score (nSPS) is 21.5. The predicted octanol–water partition coefficient (Wildman–Crippen LogP) is 3.01. The van der Waals surface area contributed by atoms with Crippen LogP contribution in [0.15, 0.2) is 52.3 Å². The van der Waals surface area contributed by atoms with Crippen LogP contribution in [0.5, 0.6) is 0 Å². The van der Waals surface area contributed by atoms with Gasteiger partial charge in [-0.15, -0.1) is 11.3 Å². The predicted molar refractivity (Wildman–Crippen MR) is 106 cm³/mol. The second kappa shape index (κ2) is 6.42. The molecule has 0 bridgehead atoms. The molecule has 0 saturated heterocycles. The van der Waals surface area contributed by atoms with Crippen LogP contribution in [-0.2, 0) is 15.6 Å². The second-order valence-corrected chi connectivity index (χ2v) is 9.75. The van der Waals surface area contributed by atoms with E-state index in [1.807, 2.05) is 24.3 Å². The highest BCUT2D eigenvalue weighted by Crippen LogP contribution is 2.41. The van der Waals surface area contributed by atoms with Gasteiger partial charge in [-0.1, -0.05) is 18.2 Å². The molecule has 1 aliphatic rings. The molecule has 146 valence electrons. The van der Waals surface area contributed by atoms with E-state index in [1.165, 1.54) is 19.5 Å². The van der Waals surface area contributed by atoms with Crippen molar-refractivity contribution in [3.63, 3.8) is 0 Å². The van der Waals surface area contributed by atoms with E-state index < -0.39 is 21.4 Å². The lowest BCUT2D eigenvalue weighted by Crippen LogP contribution is -2.50. The molecule has 7 nitrogen and oxygen atoms in total. The van der Waals surface area contributed by atoms with Crippen molar-refractivity contribution < 1.29 is 17.2 Å². The summed E-state index contributed by atoms with van der Waals surface area (Å²) in [6.07, 6.45) is 2.94. The largest absolute Gasteiger partial charge is 0.444 e.